The van der Waals surface area contributed by atoms with Crippen LogP contribution in [0, 0.1) is 11.3 Å². The van der Waals surface area contributed by atoms with Crippen molar-refractivity contribution < 1.29 is 14.3 Å². The standard InChI is InChI=1S/C17H35N3.C16H31N3O2.C16H31N3.C16H33N3.C15H29N3O.C15H31N3.C15H30N2.C14H29N3/c1-16(2,3)19-9-7-15(8-10-19)18-11-13-20(14-12-18)17(4,5)6;1-16(2,3)19-10-6-14(7-11-19)21-15(20)18-9-5-8-17(4)12-13-18;1-16(2,3)19-8-6-15(7-9-19)18-12-10-17(11-13-18)14-4-5-14;1-14(2)17-10-12-18(13-11-17)15-6-8-19(9-7-15)16(3,4)5;1-13(19)16-9-11-17(12-10-16)14-5-7-18(8-6-14)15(2,3)4;1-5-16-10-12-17(13-11-16)14-6-8-18(9-7-14)15(2,3)4;1-15(2,3)13-5-11-17(12-6-13)14-7-9-16(4)10-8-14;1-14(2,3)17-7-5-13(6-8-17)16-11-9-15(4)10-12-16/h15H,7-14H2,1-6H3;14H,5-13H2,1-4H3;14-15H,4-13H2,1-3H3;14-15H,6-13H2,1-5H3;14H,5-12H2,1-4H3;14H,5-13H2,1-4H3;13-14H,5-12H2,1-4H3;13H,5-12H2,1-4H3. The Hall–Kier alpha value is -2.10. The quantitative estimate of drug-likeness (QED) is 0.195. The van der Waals surface area contributed by atoms with E-state index in [4.69, 9.17) is 4.74 Å². The first-order chi connectivity index (χ1) is 70.3. The van der Waals surface area contributed by atoms with Crippen LogP contribution in [0.15, 0.2) is 0 Å². The van der Waals surface area contributed by atoms with Gasteiger partial charge < -0.3 is 39.0 Å². The van der Waals surface area contributed by atoms with Gasteiger partial charge in [-0.15, -0.1) is 0 Å². The highest BCUT2D eigenvalue weighted by molar-refractivity contribution is 5.73. The van der Waals surface area contributed by atoms with Crippen molar-refractivity contribution in [2.24, 2.45) is 11.3 Å². The van der Waals surface area contributed by atoms with E-state index in [0.717, 1.165) is 139 Å². The second kappa shape index (κ2) is 59.7. The van der Waals surface area contributed by atoms with E-state index in [9.17, 15) is 9.59 Å². The molecule has 0 aromatic rings. The Labute approximate surface area is 927 Å². The largest absolute Gasteiger partial charge is 0.446 e. The molecule has 150 heavy (non-hydrogen) atoms. The fourth-order valence-corrected chi connectivity index (χ4v) is 27.3. The number of hydrogen-bond donors (Lipinski definition) is 0. The van der Waals surface area contributed by atoms with Gasteiger partial charge in [-0.05, 0) is 387 Å². The van der Waals surface area contributed by atoms with Gasteiger partial charge in [0, 0.05) is 374 Å². The number of likely N-dealkylation sites (tertiary alicyclic amines) is 9. The molecule has 0 aromatic carbocycles. The minimum Gasteiger partial charge on any atom is -0.446 e. The summed E-state index contributed by atoms with van der Waals surface area (Å²) >= 11 is 0. The van der Waals surface area contributed by atoms with Crippen molar-refractivity contribution in [3.05, 3.63) is 0 Å². The maximum absolute atomic E-state index is 12.3. The molecule has 0 bridgehead atoms. The number of carbonyl (C=O) groups is 2. The Morgan fingerprint density at radius 3 is 0.727 bits per heavy atom. The monoisotopic (exact) mass is 2110 g/mol. The van der Waals surface area contributed by atoms with Crippen LogP contribution in [0.5, 0.6) is 0 Å². The molecule has 0 spiro atoms. The average molecular weight is 2110 g/mol. The number of hydrogen-bond acceptors (Lipinski definition) is 24. The molecule has 0 aromatic heterocycles. The topological polar surface area (TPSA) is 118 Å². The van der Waals surface area contributed by atoms with E-state index in [2.05, 4.69) is 332 Å². The predicted molar refractivity (Wildman–Crippen MR) is 639 cm³/mol. The molecule has 0 radical (unpaired) electrons. The summed E-state index contributed by atoms with van der Waals surface area (Å²) in [6.07, 6.45) is 27.6. The fraction of sp³-hybridized carbons (Fsp3) is 0.984. The predicted octanol–water partition coefficient (Wildman–Crippen LogP) is 16.6. The first kappa shape index (κ1) is 130. The van der Waals surface area contributed by atoms with Crippen LogP contribution in [0.4, 0.5) is 4.79 Å². The second-order valence-corrected chi connectivity index (χ2v) is 58.9. The van der Waals surface area contributed by atoms with Gasteiger partial charge in [0.2, 0.25) is 5.91 Å². The lowest BCUT2D eigenvalue weighted by molar-refractivity contribution is -0.131. The lowest BCUT2D eigenvalue weighted by Crippen LogP contribution is -2.58. The van der Waals surface area contributed by atoms with E-state index in [1.807, 2.05) is 9.80 Å². The Morgan fingerprint density at radius 1 is 0.233 bits per heavy atom. The number of ether oxygens (including phenoxy) is 1. The van der Waals surface area contributed by atoms with E-state index in [0.29, 0.717) is 50.2 Å². The molecular weight excluding hydrogens is 1860 g/mol. The Balaban J connectivity index is 0.000000175. The van der Waals surface area contributed by atoms with Crippen LogP contribution >= 0.6 is 0 Å². The molecule has 17 aliphatic rings. The van der Waals surface area contributed by atoms with Crippen molar-refractivity contribution >= 4 is 12.0 Å². The molecule has 16 aliphatic heterocycles. The second-order valence-electron chi connectivity index (χ2n) is 58.9. The number of amides is 2. The number of rotatable bonds is 11. The number of nitrogens with zero attached hydrogens (tertiary/aromatic N) is 23. The van der Waals surface area contributed by atoms with E-state index >= 15 is 0 Å². The van der Waals surface area contributed by atoms with Gasteiger partial charge in [0.15, 0.2) is 0 Å². The summed E-state index contributed by atoms with van der Waals surface area (Å²) < 4.78 is 5.72. The van der Waals surface area contributed by atoms with Crippen molar-refractivity contribution in [3.8, 4) is 0 Å². The third kappa shape index (κ3) is 43.3. The zero-order chi connectivity index (χ0) is 110. The number of piperidine rings is 9. The van der Waals surface area contributed by atoms with Crippen LogP contribution < -0.4 is 0 Å². The van der Waals surface area contributed by atoms with Gasteiger partial charge in [-0.25, -0.2) is 4.79 Å². The number of likely N-dealkylation sites (N-methyl/N-ethyl adjacent to an activating group) is 3. The van der Waals surface area contributed by atoms with Crippen molar-refractivity contribution in [2.75, 3.05) is 329 Å². The Morgan fingerprint density at radius 2 is 0.453 bits per heavy atom. The highest BCUT2D eigenvalue weighted by Crippen LogP contribution is 2.38. The van der Waals surface area contributed by atoms with E-state index in [1.165, 1.54) is 358 Å². The van der Waals surface area contributed by atoms with Crippen LogP contribution in [0.3, 0.4) is 0 Å². The van der Waals surface area contributed by atoms with Gasteiger partial charge in [0.25, 0.3) is 0 Å². The summed E-state index contributed by atoms with van der Waals surface area (Å²) in [7, 11) is 6.60. The minimum atomic E-state index is -0.112. The summed E-state index contributed by atoms with van der Waals surface area (Å²) in [5, 5.41) is 0. The zero-order valence-corrected chi connectivity index (χ0v) is 105. The lowest BCUT2D eigenvalue weighted by Gasteiger charge is -2.48. The Bertz CT molecular complexity index is 3500. The molecule has 0 atom stereocenters. The van der Waals surface area contributed by atoms with Crippen LogP contribution in [0.2, 0.25) is 0 Å². The summed E-state index contributed by atoms with van der Waals surface area (Å²) in [5.74, 6) is 1.16. The maximum Gasteiger partial charge on any atom is 0.410 e. The molecule has 16 saturated heterocycles. The van der Waals surface area contributed by atoms with Gasteiger partial charge in [0.1, 0.15) is 6.10 Å². The minimum absolute atomic E-state index is 0.0945. The first-order valence-electron chi connectivity index (χ1n) is 62.9. The summed E-state index contributed by atoms with van der Waals surface area (Å²) in [5.41, 5.74) is 3.12. The SMILES string of the molecule is CC(=O)N1CCN(C2CCN(C(C)(C)C)CC2)CC1.CC(C)(C)N1CCC(N2CCN(C(C)(C)C)CC2)CC1.CC(C)(C)N1CCC(N2CCN(C3CC3)CC2)CC1.CC(C)N1CCN(C2CCN(C(C)(C)C)CC2)CC1.CCN1CCN(C2CCN(C(C)(C)C)CC2)CC1.CN1CCC(N2CCC(C(C)(C)C)CC2)CC1.CN1CCCN(C(=O)OC2CCN(C(C)(C)C)CC2)CC1.CN1CCN(C2CCN(C(C)(C)C)CC2)CC1. The average Bonchev–Trinajstić information content (AvgIpc) is 1.80. The van der Waals surface area contributed by atoms with Crippen LogP contribution in [0.25, 0.3) is 0 Å². The molecule has 0 N–H and O–H groups in total. The molecule has 1 aliphatic carbocycles. The molecule has 26 heteroatoms. The lowest BCUT2D eigenvalue weighted by atomic mass is 9.75. The molecular formula is C124H249N23O3. The third-order valence-corrected chi connectivity index (χ3v) is 39.1. The highest BCUT2D eigenvalue weighted by atomic mass is 16.6. The van der Waals surface area contributed by atoms with Crippen molar-refractivity contribution in [2.45, 2.75) is 454 Å². The van der Waals surface area contributed by atoms with Crippen LogP contribution in [0.1, 0.15) is 349 Å². The fourth-order valence-electron chi connectivity index (χ4n) is 27.3. The van der Waals surface area contributed by atoms with E-state index < -0.39 is 0 Å². The molecule has 16 heterocycles. The van der Waals surface area contributed by atoms with Crippen molar-refractivity contribution in [1.82, 2.24) is 113 Å². The van der Waals surface area contributed by atoms with Crippen LogP contribution in [-0.2, 0) is 9.53 Å². The highest BCUT2D eigenvalue weighted by Gasteiger charge is 2.43. The molecule has 878 valence electrons. The number of carbonyl (C=O) groups excluding carboxylic acids is 2. The maximum atomic E-state index is 12.3. The Kier molecular flexibility index (Phi) is 51.6. The van der Waals surface area contributed by atoms with Crippen molar-refractivity contribution in [3.63, 3.8) is 0 Å². The molecule has 26 nitrogen and oxygen atoms in total. The summed E-state index contributed by atoms with van der Waals surface area (Å²) in [6, 6.07) is 7.52. The molecule has 0 unspecified atom stereocenters. The van der Waals surface area contributed by atoms with Crippen molar-refractivity contribution in [1.29, 1.82) is 0 Å². The number of piperazine rings is 6. The molecule has 2 amide bonds. The first-order valence-corrected chi connectivity index (χ1v) is 62.9. The van der Waals surface area contributed by atoms with Gasteiger partial charge in [0.05, 0.1) is 0 Å². The third-order valence-electron chi connectivity index (χ3n) is 39.1. The van der Waals surface area contributed by atoms with Gasteiger partial charge in [-0.2, -0.15) is 0 Å². The van der Waals surface area contributed by atoms with E-state index in [-0.39, 0.29) is 23.6 Å². The zero-order valence-electron chi connectivity index (χ0n) is 105. The van der Waals surface area contributed by atoms with Crippen LogP contribution in [-0.4, -0.2) is 558 Å². The molecule has 1 saturated carbocycles. The summed E-state index contributed by atoms with van der Waals surface area (Å²) in [4.78, 5) is 82.6. The molecule has 17 fully saturated rings. The summed E-state index contributed by atoms with van der Waals surface area (Å²) in [6.45, 7) is 128. The smallest absolute Gasteiger partial charge is 0.410 e. The normalized spacial score (nSPS) is 26.5. The molecule has 17 rings (SSSR count). The van der Waals surface area contributed by atoms with E-state index in [1.54, 1.807) is 6.92 Å². The van der Waals surface area contributed by atoms with Gasteiger partial charge >= 0.3 is 6.09 Å². The van der Waals surface area contributed by atoms with Gasteiger partial charge in [-0.1, -0.05) is 27.7 Å². The van der Waals surface area contributed by atoms with Gasteiger partial charge in [-0.3, -0.25) is 83.2 Å².